The van der Waals surface area contributed by atoms with Gasteiger partial charge in [0.15, 0.2) is 0 Å². The molecule has 2 aromatic carbocycles. The van der Waals surface area contributed by atoms with Crippen molar-refractivity contribution in [3.05, 3.63) is 63.6 Å². The van der Waals surface area contributed by atoms with Crippen molar-refractivity contribution in [1.82, 2.24) is 4.90 Å². The molecule has 1 aliphatic heterocycles. The van der Waals surface area contributed by atoms with Crippen molar-refractivity contribution < 1.29 is 4.79 Å². The molecule has 0 spiro atoms. The van der Waals surface area contributed by atoms with Gasteiger partial charge in [-0.15, -0.1) is 0 Å². The third-order valence-corrected chi connectivity index (χ3v) is 7.51. The summed E-state index contributed by atoms with van der Waals surface area (Å²) in [5.74, 6) is 0.136. The molecular formula is C26H30BrN3O. The average molecular weight is 480 g/mol. The Kier molecular flexibility index (Phi) is 6.79. The molecule has 1 saturated carbocycles. The van der Waals surface area contributed by atoms with Crippen LogP contribution in [-0.2, 0) is 17.8 Å². The Morgan fingerprint density at radius 3 is 2.55 bits per heavy atom. The average Bonchev–Trinajstić information content (AvgIpc) is 2.79. The Morgan fingerprint density at radius 2 is 1.87 bits per heavy atom. The molecule has 4 nitrogen and oxygen atoms in total. The molecule has 1 heterocycles. The molecule has 31 heavy (non-hydrogen) atoms. The second kappa shape index (κ2) is 9.54. The largest absolute Gasteiger partial charge is 0.307 e. The van der Waals surface area contributed by atoms with Crippen LogP contribution in [0.2, 0.25) is 0 Å². The molecule has 5 heteroatoms. The summed E-state index contributed by atoms with van der Waals surface area (Å²) in [5, 5.41) is 9.16. The van der Waals surface area contributed by atoms with Crippen molar-refractivity contribution in [2.45, 2.75) is 64.0 Å². The molecule has 2 aliphatic rings. The third-order valence-electron chi connectivity index (χ3n) is 6.98. The van der Waals surface area contributed by atoms with Crippen molar-refractivity contribution in [3.63, 3.8) is 0 Å². The van der Waals surface area contributed by atoms with Crippen molar-refractivity contribution in [3.8, 4) is 6.07 Å². The number of hydrogen-bond acceptors (Lipinski definition) is 3. The minimum atomic E-state index is -0.108. The number of nitriles is 1. The second-order valence-electron chi connectivity index (χ2n) is 8.99. The van der Waals surface area contributed by atoms with E-state index >= 15 is 0 Å². The lowest BCUT2D eigenvalue weighted by molar-refractivity contribution is -0.118. The Labute approximate surface area is 194 Å². The van der Waals surface area contributed by atoms with Crippen LogP contribution in [0.25, 0.3) is 0 Å². The number of carbonyl (C=O) groups excluding carboxylic acids is 1. The third kappa shape index (κ3) is 4.86. The molecule has 0 bridgehead atoms. The van der Waals surface area contributed by atoms with Crippen molar-refractivity contribution in [2.75, 3.05) is 18.0 Å². The van der Waals surface area contributed by atoms with E-state index in [0.29, 0.717) is 0 Å². The van der Waals surface area contributed by atoms with Gasteiger partial charge in [0, 0.05) is 42.3 Å². The monoisotopic (exact) mass is 479 g/mol. The maximum Gasteiger partial charge on any atom is 0.224 e. The lowest BCUT2D eigenvalue weighted by Crippen LogP contribution is -2.54. The van der Waals surface area contributed by atoms with Crippen LogP contribution in [0.3, 0.4) is 0 Å². The fourth-order valence-electron chi connectivity index (χ4n) is 5.41. The summed E-state index contributed by atoms with van der Waals surface area (Å²) >= 11 is 3.52. The van der Waals surface area contributed by atoms with E-state index in [0.717, 1.165) is 61.0 Å². The smallest absolute Gasteiger partial charge is 0.224 e. The number of amides is 1. The normalized spacial score (nSPS) is 18.1. The van der Waals surface area contributed by atoms with Gasteiger partial charge in [-0.05, 0) is 73.2 Å². The van der Waals surface area contributed by atoms with Gasteiger partial charge in [-0.1, -0.05) is 41.3 Å². The molecule has 1 fully saturated rings. The van der Waals surface area contributed by atoms with E-state index in [1.165, 1.54) is 30.4 Å². The molecule has 4 rings (SSSR count). The van der Waals surface area contributed by atoms with E-state index in [1.54, 1.807) is 6.92 Å². The van der Waals surface area contributed by atoms with Crippen LogP contribution in [0, 0.1) is 11.3 Å². The number of anilines is 1. The van der Waals surface area contributed by atoms with Crippen LogP contribution >= 0.6 is 15.9 Å². The molecule has 0 N–H and O–H groups in total. The highest BCUT2D eigenvalue weighted by atomic mass is 79.9. The minimum absolute atomic E-state index is 0.108. The van der Waals surface area contributed by atoms with Gasteiger partial charge in [0.2, 0.25) is 5.91 Å². The summed E-state index contributed by atoms with van der Waals surface area (Å²) in [4.78, 5) is 17.5. The van der Waals surface area contributed by atoms with Gasteiger partial charge in [0.05, 0.1) is 11.6 Å². The SMILES string of the molecule is CC(=O)N(c1ccc(Br)cc1)C1(CCN2CCc3cc(C#N)ccc3C2)CCCCC1. The molecule has 1 aliphatic carbocycles. The molecule has 2 aromatic rings. The van der Waals surface area contributed by atoms with Gasteiger partial charge >= 0.3 is 0 Å². The minimum Gasteiger partial charge on any atom is -0.307 e. The fraction of sp³-hybridized carbons (Fsp3) is 0.462. The summed E-state index contributed by atoms with van der Waals surface area (Å²) in [6, 6.07) is 16.5. The maximum absolute atomic E-state index is 12.9. The Morgan fingerprint density at radius 1 is 1.13 bits per heavy atom. The molecular weight excluding hydrogens is 450 g/mol. The van der Waals surface area contributed by atoms with Crippen LogP contribution in [-0.4, -0.2) is 29.4 Å². The van der Waals surface area contributed by atoms with Gasteiger partial charge < -0.3 is 4.90 Å². The molecule has 0 radical (unpaired) electrons. The van der Waals surface area contributed by atoms with E-state index in [-0.39, 0.29) is 11.4 Å². The van der Waals surface area contributed by atoms with Crippen LogP contribution in [0.4, 0.5) is 5.69 Å². The predicted molar refractivity (Wildman–Crippen MR) is 128 cm³/mol. The molecule has 1 amide bonds. The Hall–Kier alpha value is -2.16. The number of carbonyl (C=O) groups is 1. The summed E-state index contributed by atoms with van der Waals surface area (Å²) in [7, 11) is 0. The van der Waals surface area contributed by atoms with Gasteiger partial charge in [0.1, 0.15) is 0 Å². The first-order chi connectivity index (χ1) is 15.0. The van der Waals surface area contributed by atoms with Crippen molar-refractivity contribution in [2.24, 2.45) is 0 Å². The van der Waals surface area contributed by atoms with Crippen molar-refractivity contribution in [1.29, 1.82) is 5.26 Å². The summed E-state index contributed by atoms with van der Waals surface area (Å²) in [6.45, 7) is 4.63. The van der Waals surface area contributed by atoms with E-state index in [2.05, 4.69) is 50.0 Å². The van der Waals surface area contributed by atoms with E-state index in [1.807, 2.05) is 24.3 Å². The molecule has 0 saturated heterocycles. The van der Waals surface area contributed by atoms with Gasteiger partial charge in [-0.25, -0.2) is 0 Å². The Balaban J connectivity index is 1.53. The van der Waals surface area contributed by atoms with Gasteiger partial charge in [-0.3, -0.25) is 9.69 Å². The lowest BCUT2D eigenvalue weighted by Gasteiger charge is -2.47. The summed E-state index contributed by atoms with van der Waals surface area (Å²) in [5.41, 5.74) is 4.29. The summed E-state index contributed by atoms with van der Waals surface area (Å²) < 4.78 is 1.03. The van der Waals surface area contributed by atoms with Crippen LogP contribution in [0.5, 0.6) is 0 Å². The predicted octanol–water partition coefficient (Wildman–Crippen LogP) is 5.82. The zero-order chi connectivity index (χ0) is 21.8. The highest BCUT2D eigenvalue weighted by Crippen LogP contribution is 2.40. The number of fused-ring (bicyclic) bond motifs is 1. The number of benzene rings is 2. The lowest BCUT2D eigenvalue weighted by atomic mass is 9.77. The number of halogens is 1. The summed E-state index contributed by atoms with van der Waals surface area (Å²) in [6.07, 6.45) is 7.73. The molecule has 0 unspecified atom stereocenters. The highest BCUT2D eigenvalue weighted by Gasteiger charge is 2.40. The maximum atomic E-state index is 12.9. The first-order valence-corrected chi connectivity index (χ1v) is 12.1. The standard InChI is InChI=1S/C26H30BrN3O/c1-20(31)30(25-9-7-24(27)8-10-25)26(12-3-2-4-13-26)14-16-29-15-11-22-17-21(18-28)5-6-23(22)19-29/h5-10,17H,2-4,11-16,19H2,1H3. The first kappa shape index (κ1) is 22.0. The van der Waals surface area contributed by atoms with E-state index in [4.69, 9.17) is 5.26 Å². The van der Waals surface area contributed by atoms with Crippen LogP contribution in [0.15, 0.2) is 46.9 Å². The molecule has 162 valence electrons. The zero-order valence-electron chi connectivity index (χ0n) is 18.2. The molecule has 0 aromatic heterocycles. The number of hydrogen-bond donors (Lipinski definition) is 0. The van der Waals surface area contributed by atoms with E-state index in [9.17, 15) is 4.79 Å². The van der Waals surface area contributed by atoms with Crippen LogP contribution < -0.4 is 4.90 Å². The number of rotatable bonds is 5. The fourth-order valence-corrected chi connectivity index (χ4v) is 5.68. The van der Waals surface area contributed by atoms with Crippen LogP contribution in [0.1, 0.15) is 62.1 Å². The zero-order valence-corrected chi connectivity index (χ0v) is 19.8. The first-order valence-electron chi connectivity index (χ1n) is 11.3. The Bertz CT molecular complexity index is 973. The topological polar surface area (TPSA) is 47.3 Å². The van der Waals surface area contributed by atoms with Gasteiger partial charge in [-0.2, -0.15) is 5.26 Å². The quantitative estimate of drug-likeness (QED) is 0.542. The second-order valence-corrected chi connectivity index (χ2v) is 9.90. The van der Waals surface area contributed by atoms with E-state index < -0.39 is 0 Å². The highest BCUT2D eigenvalue weighted by molar-refractivity contribution is 9.10. The van der Waals surface area contributed by atoms with Crippen molar-refractivity contribution >= 4 is 27.5 Å². The van der Waals surface area contributed by atoms with Gasteiger partial charge in [0.25, 0.3) is 0 Å². The number of nitrogens with zero attached hydrogens (tertiary/aromatic N) is 3. The molecule has 0 atom stereocenters.